The second-order valence-corrected chi connectivity index (χ2v) is 4.57. The monoisotopic (exact) mass is 274 g/mol. The standard InChI is InChI=1S/C16H18O4/c1-19-8-4-6-11-5-3-7-13-12(10-17)9-14(20-2)16(18)15(11)13/h3,5,7,9-10,18H,4,6,8H2,1-2H3. The molecule has 0 saturated heterocycles. The second kappa shape index (κ2) is 6.39. The van der Waals surface area contributed by atoms with Gasteiger partial charge in [-0.1, -0.05) is 18.2 Å². The fourth-order valence-corrected chi connectivity index (χ4v) is 2.40. The lowest BCUT2D eigenvalue weighted by Gasteiger charge is -2.13. The van der Waals surface area contributed by atoms with Crippen molar-refractivity contribution in [3.63, 3.8) is 0 Å². The van der Waals surface area contributed by atoms with Crippen LogP contribution in [0.25, 0.3) is 10.8 Å². The Labute approximate surface area is 117 Å². The number of phenols is 1. The molecule has 0 spiro atoms. The predicted molar refractivity (Wildman–Crippen MR) is 77.7 cm³/mol. The van der Waals surface area contributed by atoms with Crippen molar-refractivity contribution in [1.29, 1.82) is 0 Å². The number of aryl methyl sites for hydroxylation is 1. The van der Waals surface area contributed by atoms with Crippen molar-refractivity contribution in [2.24, 2.45) is 0 Å². The maximum absolute atomic E-state index is 11.2. The summed E-state index contributed by atoms with van der Waals surface area (Å²) in [6, 6.07) is 7.23. The van der Waals surface area contributed by atoms with Crippen LogP contribution in [0.5, 0.6) is 11.5 Å². The molecule has 0 bridgehead atoms. The van der Waals surface area contributed by atoms with E-state index in [2.05, 4.69) is 0 Å². The molecule has 0 fully saturated rings. The number of methoxy groups -OCH3 is 2. The van der Waals surface area contributed by atoms with Gasteiger partial charge < -0.3 is 14.6 Å². The summed E-state index contributed by atoms with van der Waals surface area (Å²) in [7, 11) is 3.14. The van der Waals surface area contributed by atoms with Crippen LogP contribution in [0.4, 0.5) is 0 Å². The third-order valence-corrected chi connectivity index (χ3v) is 3.36. The number of fused-ring (bicyclic) bond motifs is 1. The lowest BCUT2D eigenvalue weighted by Crippen LogP contribution is -1.96. The Morgan fingerprint density at radius 1 is 1.30 bits per heavy atom. The van der Waals surface area contributed by atoms with Crippen molar-refractivity contribution < 1.29 is 19.4 Å². The molecule has 0 atom stereocenters. The van der Waals surface area contributed by atoms with Gasteiger partial charge in [0.1, 0.15) is 0 Å². The van der Waals surface area contributed by atoms with Crippen molar-refractivity contribution in [3.8, 4) is 11.5 Å². The Balaban J connectivity index is 2.61. The van der Waals surface area contributed by atoms with Crippen LogP contribution in [0.15, 0.2) is 24.3 Å². The van der Waals surface area contributed by atoms with Crippen LogP contribution in [0.1, 0.15) is 22.3 Å². The zero-order chi connectivity index (χ0) is 14.5. The van der Waals surface area contributed by atoms with Crippen LogP contribution in [-0.4, -0.2) is 32.2 Å². The Kier molecular flexibility index (Phi) is 4.58. The number of benzene rings is 2. The number of aromatic hydroxyl groups is 1. The summed E-state index contributed by atoms with van der Waals surface area (Å²) in [5.74, 6) is 0.403. The first-order chi connectivity index (χ1) is 9.72. The summed E-state index contributed by atoms with van der Waals surface area (Å²) in [4.78, 5) is 11.2. The van der Waals surface area contributed by atoms with E-state index in [9.17, 15) is 9.90 Å². The van der Waals surface area contributed by atoms with E-state index in [1.54, 1.807) is 13.2 Å². The molecule has 0 amide bonds. The molecule has 0 aliphatic rings. The largest absolute Gasteiger partial charge is 0.504 e. The highest BCUT2D eigenvalue weighted by molar-refractivity contribution is 6.04. The molecule has 0 radical (unpaired) electrons. The smallest absolute Gasteiger partial charge is 0.165 e. The molecule has 2 rings (SSSR count). The number of aldehydes is 1. The number of hydrogen-bond acceptors (Lipinski definition) is 4. The number of hydrogen-bond donors (Lipinski definition) is 1. The van der Waals surface area contributed by atoms with Gasteiger partial charge >= 0.3 is 0 Å². The average Bonchev–Trinajstić information content (AvgIpc) is 2.48. The molecule has 1 N–H and O–H groups in total. The molecule has 0 aliphatic heterocycles. The predicted octanol–water partition coefficient (Wildman–Crippen LogP) is 2.95. The number of carbonyl (C=O) groups excluding carboxylic acids is 1. The Morgan fingerprint density at radius 3 is 2.75 bits per heavy atom. The van der Waals surface area contributed by atoms with Crippen molar-refractivity contribution in [2.75, 3.05) is 20.8 Å². The highest BCUT2D eigenvalue weighted by Crippen LogP contribution is 2.38. The molecule has 0 aliphatic carbocycles. The van der Waals surface area contributed by atoms with E-state index in [0.717, 1.165) is 30.1 Å². The van der Waals surface area contributed by atoms with Crippen LogP contribution >= 0.6 is 0 Å². The first kappa shape index (κ1) is 14.3. The van der Waals surface area contributed by atoms with E-state index >= 15 is 0 Å². The maximum atomic E-state index is 11.2. The molecule has 4 heteroatoms. The molecule has 0 unspecified atom stereocenters. The van der Waals surface area contributed by atoms with Gasteiger partial charge in [-0.25, -0.2) is 0 Å². The van der Waals surface area contributed by atoms with E-state index in [1.807, 2.05) is 18.2 Å². The summed E-state index contributed by atoms with van der Waals surface area (Å²) in [6.45, 7) is 0.654. The Bertz CT molecular complexity index is 619. The minimum absolute atomic E-state index is 0.0844. The zero-order valence-electron chi connectivity index (χ0n) is 11.7. The van der Waals surface area contributed by atoms with E-state index in [0.29, 0.717) is 23.3 Å². The van der Waals surface area contributed by atoms with Gasteiger partial charge in [0.25, 0.3) is 0 Å². The summed E-state index contributed by atoms with van der Waals surface area (Å²) in [5.41, 5.74) is 1.50. The lowest BCUT2D eigenvalue weighted by molar-refractivity contribution is 0.112. The van der Waals surface area contributed by atoms with E-state index in [4.69, 9.17) is 9.47 Å². The van der Waals surface area contributed by atoms with E-state index in [1.165, 1.54) is 7.11 Å². The SMILES string of the molecule is COCCCc1cccc2c(C=O)cc(OC)c(O)c12. The third-order valence-electron chi connectivity index (χ3n) is 3.36. The summed E-state index contributed by atoms with van der Waals surface area (Å²) in [6.07, 6.45) is 2.40. The number of phenolic OH excluding ortho intramolecular Hbond substituents is 1. The fourth-order valence-electron chi connectivity index (χ4n) is 2.40. The van der Waals surface area contributed by atoms with Gasteiger partial charge in [0.2, 0.25) is 0 Å². The number of rotatable bonds is 6. The van der Waals surface area contributed by atoms with Gasteiger partial charge in [-0.3, -0.25) is 4.79 Å². The van der Waals surface area contributed by atoms with Crippen LogP contribution < -0.4 is 4.74 Å². The summed E-state index contributed by atoms with van der Waals surface area (Å²) < 4.78 is 10.2. The molecule has 0 heterocycles. The van der Waals surface area contributed by atoms with Gasteiger partial charge in [-0.15, -0.1) is 0 Å². The van der Waals surface area contributed by atoms with Crippen LogP contribution in [-0.2, 0) is 11.2 Å². The van der Waals surface area contributed by atoms with Gasteiger partial charge in [-0.2, -0.15) is 0 Å². The number of carbonyl (C=O) groups is 1. The molecular formula is C16H18O4. The molecule has 0 aromatic heterocycles. The molecular weight excluding hydrogens is 256 g/mol. The van der Waals surface area contributed by atoms with E-state index in [-0.39, 0.29) is 5.75 Å². The molecule has 4 nitrogen and oxygen atoms in total. The molecule has 20 heavy (non-hydrogen) atoms. The first-order valence-electron chi connectivity index (χ1n) is 6.48. The lowest BCUT2D eigenvalue weighted by atomic mass is 9.96. The highest BCUT2D eigenvalue weighted by Gasteiger charge is 2.14. The highest BCUT2D eigenvalue weighted by atomic mass is 16.5. The van der Waals surface area contributed by atoms with Gasteiger partial charge in [0.15, 0.2) is 17.8 Å². The second-order valence-electron chi connectivity index (χ2n) is 4.57. The van der Waals surface area contributed by atoms with Crippen LogP contribution in [0, 0.1) is 0 Å². The number of ether oxygens (including phenoxy) is 2. The van der Waals surface area contributed by atoms with Crippen molar-refractivity contribution in [1.82, 2.24) is 0 Å². The summed E-state index contributed by atoms with van der Waals surface area (Å²) in [5, 5.41) is 11.8. The normalized spacial score (nSPS) is 10.7. The zero-order valence-corrected chi connectivity index (χ0v) is 11.7. The van der Waals surface area contributed by atoms with Crippen molar-refractivity contribution >= 4 is 17.1 Å². The first-order valence-corrected chi connectivity index (χ1v) is 6.48. The Morgan fingerprint density at radius 2 is 2.10 bits per heavy atom. The van der Waals surface area contributed by atoms with Crippen LogP contribution in [0.3, 0.4) is 0 Å². The fraction of sp³-hybridized carbons (Fsp3) is 0.312. The van der Waals surface area contributed by atoms with Crippen molar-refractivity contribution in [3.05, 3.63) is 35.4 Å². The topological polar surface area (TPSA) is 55.8 Å². The van der Waals surface area contributed by atoms with Crippen LogP contribution in [0.2, 0.25) is 0 Å². The summed E-state index contributed by atoms with van der Waals surface area (Å²) >= 11 is 0. The van der Waals surface area contributed by atoms with Gasteiger partial charge in [0.05, 0.1) is 7.11 Å². The molecule has 106 valence electrons. The maximum Gasteiger partial charge on any atom is 0.165 e. The average molecular weight is 274 g/mol. The van der Waals surface area contributed by atoms with Crippen molar-refractivity contribution in [2.45, 2.75) is 12.8 Å². The third kappa shape index (κ3) is 2.60. The molecule has 0 saturated carbocycles. The van der Waals surface area contributed by atoms with Gasteiger partial charge in [0, 0.05) is 24.7 Å². The van der Waals surface area contributed by atoms with Gasteiger partial charge in [-0.05, 0) is 29.9 Å². The quantitative estimate of drug-likeness (QED) is 0.650. The molecule has 2 aromatic carbocycles. The minimum Gasteiger partial charge on any atom is -0.504 e. The minimum atomic E-state index is 0.0844. The molecule has 2 aromatic rings. The van der Waals surface area contributed by atoms with E-state index < -0.39 is 0 Å². The Hall–Kier alpha value is -2.07.